The van der Waals surface area contributed by atoms with Gasteiger partial charge in [-0.15, -0.1) is 5.10 Å². The number of para-hydroxylation sites is 1. The number of halogens is 2. The van der Waals surface area contributed by atoms with Crippen molar-refractivity contribution in [3.63, 3.8) is 0 Å². The quantitative estimate of drug-likeness (QED) is 0.568. The summed E-state index contributed by atoms with van der Waals surface area (Å²) in [5.41, 5.74) is 0.609. The normalized spacial score (nSPS) is 19.1. The van der Waals surface area contributed by atoms with Crippen LogP contribution in [0.2, 0.25) is 0 Å². The number of rotatable bonds is 6. The molecule has 2 aromatic carbocycles. The first-order valence-electron chi connectivity index (χ1n) is 11.2. The molecule has 10 nitrogen and oxygen atoms in total. The summed E-state index contributed by atoms with van der Waals surface area (Å²) in [6, 6.07) is 9.22. The predicted molar refractivity (Wildman–Crippen MR) is 121 cm³/mol. The molecule has 184 valence electrons. The molecule has 35 heavy (non-hydrogen) atoms. The number of hydroxylamine groups is 2. The van der Waals surface area contributed by atoms with Crippen molar-refractivity contribution in [3.05, 3.63) is 66.0 Å². The highest BCUT2D eigenvalue weighted by Crippen LogP contribution is 2.32. The predicted octanol–water partition coefficient (Wildman–Crippen LogP) is 2.54. The number of carbonyl (C=O) groups is 1. The number of ether oxygens (including phenoxy) is 1. The number of phenols is 1. The Morgan fingerprint density at radius 3 is 2.66 bits per heavy atom. The first-order valence-corrected chi connectivity index (χ1v) is 11.2. The molecule has 0 unspecified atom stereocenters. The number of nitrogens with zero attached hydrogens (tertiary/aromatic N) is 6. The number of aromatic nitrogens is 3. The third-order valence-electron chi connectivity index (χ3n) is 5.96. The molecule has 1 aromatic heterocycles. The van der Waals surface area contributed by atoms with Gasteiger partial charge in [0.2, 0.25) is 0 Å². The number of aromatic hydroxyl groups is 1. The molecular weight excluding hydrogens is 462 g/mol. The molecule has 2 saturated heterocycles. The van der Waals surface area contributed by atoms with Crippen LogP contribution in [-0.2, 0) is 22.7 Å². The van der Waals surface area contributed by atoms with Gasteiger partial charge in [-0.25, -0.2) is 18.3 Å². The van der Waals surface area contributed by atoms with Crippen LogP contribution in [0.3, 0.4) is 0 Å². The molecule has 3 heterocycles. The maximum absolute atomic E-state index is 15.1. The molecule has 1 atom stereocenters. The number of hydrogen-bond donors (Lipinski definition) is 1. The zero-order valence-corrected chi connectivity index (χ0v) is 18.8. The zero-order chi connectivity index (χ0) is 24.4. The van der Waals surface area contributed by atoms with Crippen LogP contribution < -0.4 is 9.80 Å². The molecule has 0 saturated carbocycles. The van der Waals surface area contributed by atoms with Gasteiger partial charge >= 0.3 is 6.09 Å². The summed E-state index contributed by atoms with van der Waals surface area (Å²) in [4.78, 5) is 20.8. The van der Waals surface area contributed by atoms with Crippen molar-refractivity contribution in [2.75, 3.05) is 42.6 Å². The lowest BCUT2D eigenvalue weighted by Gasteiger charge is -2.24. The Hall–Kier alpha value is -3.77. The van der Waals surface area contributed by atoms with Crippen molar-refractivity contribution in [2.45, 2.75) is 19.2 Å². The van der Waals surface area contributed by atoms with Crippen molar-refractivity contribution in [2.24, 2.45) is 0 Å². The minimum atomic E-state index is -0.776. The van der Waals surface area contributed by atoms with Gasteiger partial charge < -0.3 is 14.7 Å². The lowest BCUT2D eigenvalue weighted by atomic mass is 10.2. The molecule has 0 bridgehead atoms. The Morgan fingerprint density at radius 2 is 1.91 bits per heavy atom. The van der Waals surface area contributed by atoms with Crippen molar-refractivity contribution in [3.8, 4) is 5.75 Å². The number of carbonyl (C=O) groups excluding carboxylic acids is 1. The summed E-state index contributed by atoms with van der Waals surface area (Å²) in [7, 11) is 0. The topological polar surface area (TPSA) is 96.2 Å². The molecule has 1 amide bonds. The van der Waals surface area contributed by atoms with Crippen LogP contribution in [-0.4, -0.2) is 70.1 Å². The average Bonchev–Trinajstić information content (AvgIpc) is 3.40. The first kappa shape index (κ1) is 23.0. The van der Waals surface area contributed by atoms with Crippen LogP contribution >= 0.6 is 0 Å². The van der Waals surface area contributed by atoms with Gasteiger partial charge in [0, 0.05) is 43.5 Å². The Morgan fingerprint density at radius 1 is 1.11 bits per heavy atom. The Kier molecular flexibility index (Phi) is 6.47. The summed E-state index contributed by atoms with van der Waals surface area (Å²) in [5, 5.41) is 19.2. The molecule has 0 spiro atoms. The van der Waals surface area contributed by atoms with E-state index >= 15 is 8.78 Å². The van der Waals surface area contributed by atoms with Gasteiger partial charge in [-0.3, -0.25) is 9.74 Å². The van der Waals surface area contributed by atoms with E-state index in [1.807, 2.05) is 6.07 Å². The molecule has 1 N–H and O–H groups in total. The summed E-state index contributed by atoms with van der Waals surface area (Å²) in [6.07, 6.45) is 1.95. The van der Waals surface area contributed by atoms with Crippen molar-refractivity contribution < 1.29 is 28.3 Å². The van der Waals surface area contributed by atoms with E-state index in [1.54, 1.807) is 34.4 Å². The second kappa shape index (κ2) is 9.84. The molecule has 2 aliphatic heterocycles. The standard InChI is InChI=1S/C23H24F2N6O4/c24-19-11-17(31-15-18(35-23(31)33)14-29-6-5-26-27-29)12-20(25)22(19)28-7-8-30(34-10-9-28)13-16-3-1-2-4-21(16)32/h1-6,11-12,18,32H,7-10,13-15H2/t18-/m0/s1. The highest BCUT2D eigenvalue weighted by Gasteiger charge is 2.34. The van der Waals surface area contributed by atoms with Gasteiger partial charge in [-0.1, -0.05) is 23.4 Å². The smallest absolute Gasteiger partial charge is 0.414 e. The number of cyclic esters (lactones) is 1. The fourth-order valence-electron chi connectivity index (χ4n) is 4.25. The second-order valence-electron chi connectivity index (χ2n) is 8.31. The van der Waals surface area contributed by atoms with E-state index in [9.17, 15) is 9.90 Å². The summed E-state index contributed by atoms with van der Waals surface area (Å²) >= 11 is 0. The lowest BCUT2D eigenvalue weighted by molar-refractivity contribution is -0.155. The first-order chi connectivity index (χ1) is 17.0. The van der Waals surface area contributed by atoms with E-state index in [-0.39, 0.29) is 43.4 Å². The van der Waals surface area contributed by atoms with E-state index < -0.39 is 23.8 Å². The Balaban J connectivity index is 1.26. The molecule has 2 aliphatic rings. The molecule has 12 heteroatoms. The third kappa shape index (κ3) is 5.03. The summed E-state index contributed by atoms with van der Waals surface area (Å²) in [6.45, 7) is 1.94. The van der Waals surface area contributed by atoms with E-state index in [4.69, 9.17) is 9.57 Å². The minimum Gasteiger partial charge on any atom is -0.508 e. The van der Waals surface area contributed by atoms with Gasteiger partial charge in [0.1, 0.15) is 17.5 Å². The maximum Gasteiger partial charge on any atom is 0.414 e. The van der Waals surface area contributed by atoms with Crippen LogP contribution in [0.25, 0.3) is 0 Å². The number of phenolic OH excluding ortho intramolecular Hbond substituents is 1. The Labute approximate surface area is 199 Å². The summed E-state index contributed by atoms with van der Waals surface area (Å²) in [5.74, 6) is -1.39. The van der Waals surface area contributed by atoms with Crippen LogP contribution in [0.4, 0.5) is 25.0 Å². The van der Waals surface area contributed by atoms with E-state index in [0.29, 0.717) is 25.2 Å². The summed E-state index contributed by atoms with van der Waals surface area (Å²) < 4.78 is 37.1. The van der Waals surface area contributed by atoms with Gasteiger partial charge in [0.15, 0.2) is 11.6 Å². The molecule has 3 aromatic rings. The molecule has 0 aliphatic carbocycles. The molecule has 0 radical (unpaired) electrons. The minimum absolute atomic E-state index is 0.0853. The number of amides is 1. The average molecular weight is 486 g/mol. The Bertz CT molecular complexity index is 1170. The molecular formula is C23H24F2N6O4. The van der Waals surface area contributed by atoms with Gasteiger partial charge in [0.25, 0.3) is 0 Å². The third-order valence-corrected chi connectivity index (χ3v) is 5.96. The zero-order valence-electron chi connectivity index (χ0n) is 18.8. The number of anilines is 2. The van der Waals surface area contributed by atoms with Crippen LogP contribution in [0.1, 0.15) is 5.56 Å². The fraction of sp³-hybridized carbons (Fsp3) is 0.348. The second-order valence-corrected chi connectivity index (χ2v) is 8.31. The number of benzene rings is 2. The van der Waals surface area contributed by atoms with Gasteiger partial charge in [-0.2, -0.15) is 5.06 Å². The molecule has 5 rings (SSSR count). The number of hydrogen-bond acceptors (Lipinski definition) is 8. The van der Waals surface area contributed by atoms with E-state index in [2.05, 4.69) is 10.3 Å². The van der Waals surface area contributed by atoms with Crippen molar-refractivity contribution in [1.82, 2.24) is 20.1 Å². The van der Waals surface area contributed by atoms with Gasteiger partial charge in [0.05, 0.1) is 38.1 Å². The SMILES string of the molecule is O=C1O[C@@H](Cn2ccnn2)CN1c1cc(F)c(N2CCON(Cc3ccccc3O)CC2)c(F)c1. The lowest BCUT2D eigenvalue weighted by Crippen LogP contribution is -2.32. The largest absolute Gasteiger partial charge is 0.508 e. The van der Waals surface area contributed by atoms with E-state index in [1.165, 1.54) is 15.8 Å². The van der Waals surface area contributed by atoms with Crippen molar-refractivity contribution in [1.29, 1.82) is 0 Å². The van der Waals surface area contributed by atoms with Crippen LogP contribution in [0, 0.1) is 11.6 Å². The van der Waals surface area contributed by atoms with Gasteiger partial charge in [-0.05, 0) is 6.07 Å². The monoisotopic (exact) mass is 486 g/mol. The fourth-order valence-corrected chi connectivity index (χ4v) is 4.25. The highest BCUT2D eigenvalue weighted by molar-refractivity contribution is 5.90. The molecule has 2 fully saturated rings. The highest BCUT2D eigenvalue weighted by atomic mass is 19.1. The van der Waals surface area contributed by atoms with Crippen LogP contribution in [0.5, 0.6) is 5.75 Å². The van der Waals surface area contributed by atoms with Crippen LogP contribution in [0.15, 0.2) is 48.8 Å². The maximum atomic E-state index is 15.1. The van der Waals surface area contributed by atoms with Crippen molar-refractivity contribution >= 4 is 17.5 Å². The van der Waals surface area contributed by atoms with E-state index in [0.717, 1.165) is 12.1 Å².